The molecule has 0 saturated heterocycles. The van der Waals surface area contributed by atoms with Gasteiger partial charge in [-0.3, -0.25) is 0 Å². The topological polar surface area (TPSA) is 39.9 Å². The van der Waals surface area contributed by atoms with Gasteiger partial charge < -0.3 is 9.30 Å². The quantitative estimate of drug-likeness (QED) is 0.272. The van der Waals surface area contributed by atoms with Crippen molar-refractivity contribution in [3.8, 4) is 5.75 Å². The minimum Gasteiger partial charge on any atom is -0.497 e. The molecule has 0 spiro atoms. The Labute approximate surface area is 185 Å². The minimum atomic E-state index is 0.564. The molecule has 3 aromatic rings. The first-order valence-electron chi connectivity index (χ1n) is 9.33. The number of benzene rings is 2. The van der Waals surface area contributed by atoms with Crippen LogP contribution in [-0.2, 0) is 25.1 Å². The van der Waals surface area contributed by atoms with Gasteiger partial charge in [-0.05, 0) is 48.2 Å². The zero-order valence-electron chi connectivity index (χ0n) is 16.3. The van der Waals surface area contributed by atoms with Crippen molar-refractivity contribution in [1.82, 2.24) is 14.8 Å². The Morgan fingerprint density at radius 3 is 2.48 bits per heavy atom. The Kier molecular flexibility index (Phi) is 8.04. The summed E-state index contributed by atoms with van der Waals surface area (Å²) in [5.41, 5.74) is 2.38. The Morgan fingerprint density at radius 2 is 1.79 bits per heavy atom. The average molecular weight is 448 g/mol. The molecule has 0 atom stereocenters. The molecule has 0 bridgehead atoms. The summed E-state index contributed by atoms with van der Waals surface area (Å²) in [6.07, 6.45) is 4.72. The molecule has 0 unspecified atom stereocenters. The summed E-state index contributed by atoms with van der Waals surface area (Å²) in [5, 5.41) is 10.8. The molecule has 2 aromatic carbocycles. The number of methoxy groups -OCH3 is 1. The van der Waals surface area contributed by atoms with E-state index in [9.17, 15) is 0 Å². The van der Waals surface area contributed by atoms with Crippen molar-refractivity contribution < 1.29 is 4.74 Å². The molecular weight excluding hydrogens is 425 g/mol. The van der Waals surface area contributed by atoms with Crippen LogP contribution in [0.25, 0.3) is 0 Å². The van der Waals surface area contributed by atoms with E-state index in [1.165, 1.54) is 5.56 Å². The fourth-order valence-corrected chi connectivity index (χ4v) is 4.17. The molecule has 3 rings (SSSR count). The van der Waals surface area contributed by atoms with Gasteiger partial charge in [0.05, 0.1) is 17.2 Å². The molecule has 1 aromatic heterocycles. The molecule has 0 aliphatic rings. The fourth-order valence-electron chi connectivity index (χ4n) is 2.94. The van der Waals surface area contributed by atoms with Crippen molar-refractivity contribution in [2.45, 2.75) is 36.7 Å². The molecule has 0 N–H and O–H groups in total. The van der Waals surface area contributed by atoms with Crippen molar-refractivity contribution in [2.75, 3.05) is 7.11 Å². The molecule has 0 aliphatic carbocycles. The monoisotopic (exact) mass is 447 g/mol. The summed E-state index contributed by atoms with van der Waals surface area (Å²) in [6, 6.07) is 13.9. The number of aromatic nitrogens is 3. The van der Waals surface area contributed by atoms with E-state index in [4.69, 9.17) is 27.9 Å². The largest absolute Gasteiger partial charge is 0.497 e. The molecule has 0 amide bonds. The first-order chi connectivity index (χ1) is 14.1. The molecule has 4 nitrogen and oxygen atoms in total. The van der Waals surface area contributed by atoms with E-state index in [2.05, 4.69) is 33.5 Å². The number of nitrogens with zero attached hydrogens (tertiary/aromatic N) is 3. The number of thioether (sulfide) groups is 1. The van der Waals surface area contributed by atoms with E-state index in [-0.39, 0.29) is 0 Å². The van der Waals surface area contributed by atoms with Crippen LogP contribution >= 0.6 is 35.0 Å². The number of halogens is 2. The Balaban J connectivity index is 1.61. The third kappa shape index (κ3) is 6.01. The summed E-state index contributed by atoms with van der Waals surface area (Å²) < 4.78 is 7.34. The van der Waals surface area contributed by atoms with Crippen molar-refractivity contribution >= 4 is 35.0 Å². The number of hydrogen-bond donors (Lipinski definition) is 0. The maximum Gasteiger partial charge on any atom is 0.191 e. The average Bonchev–Trinajstić information content (AvgIpc) is 3.11. The zero-order chi connectivity index (χ0) is 20.6. The zero-order valence-corrected chi connectivity index (χ0v) is 18.6. The lowest BCUT2D eigenvalue weighted by atomic mass is 10.1. The van der Waals surface area contributed by atoms with Crippen LogP contribution in [0, 0.1) is 0 Å². The Hall–Kier alpha value is -1.95. The highest BCUT2D eigenvalue weighted by atomic mass is 35.5. The molecule has 29 heavy (non-hydrogen) atoms. The smallest absolute Gasteiger partial charge is 0.191 e. The van der Waals surface area contributed by atoms with Crippen LogP contribution in [0.3, 0.4) is 0 Å². The first-order valence-corrected chi connectivity index (χ1v) is 11.1. The van der Waals surface area contributed by atoms with Crippen LogP contribution < -0.4 is 4.74 Å². The highest BCUT2D eigenvalue weighted by Gasteiger charge is 2.12. The second kappa shape index (κ2) is 10.7. The van der Waals surface area contributed by atoms with Crippen LogP contribution in [0.15, 0.2) is 60.3 Å². The minimum absolute atomic E-state index is 0.564. The number of aryl methyl sites for hydroxylation is 2. The predicted molar refractivity (Wildman–Crippen MR) is 121 cm³/mol. The molecule has 1 heterocycles. The molecule has 0 aliphatic heterocycles. The van der Waals surface area contributed by atoms with Crippen molar-refractivity contribution in [2.24, 2.45) is 0 Å². The van der Waals surface area contributed by atoms with Crippen LogP contribution in [0.4, 0.5) is 0 Å². The van der Waals surface area contributed by atoms with E-state index in [0.29, 0.717) is 16.6 Å². The summed E-state index contributed by atoms with van der Waals surface area (Å²) in [4.78, 5) is 0. The maximum absolute atomic E-state index is 6.11. The number of allylic oxidation sites excluding steroid dienone is 1. The van der Waals surface area contributed by atoms with E-state index in [0.717, 1.165) is 47.3 Å². The summed E-state index contributed by atoms with van der Waals surface area (Å²) in [7, 11) is 1.68. The molecular formula is C22H23Cl2N3OS. The molecule has 0 saturated carbocycles. The second-order valence-corrected chi connectivity index (χ2v) is 8.29. The highest BCUT2D eigenvalue weighted by molar-refractivity contribution is 7.98. The lowest BCUT2D eigenvalue weighted by Gasteiger charge is -2.08. The number of hydrogen-bond acceptors (Lipinski definition) is 4. The fraction of sp³-hybridized carbons (Fsp3) is 0.273. The lowest BCUT2D eigenvalue weighted by molar-refractivity contribution is 0.414. The highest BCUT2D eigenvalue weighted by Crippen LogP contribution is 2.27. The van der Waals surface area contributed by atoms with E-state index < -0.39 is 0 Å². The third-order valence-corrected chi connectivity index (χ3v) is 6.26. The van der Waals surface area contributed by atoms with Crippen LogP contribution in [0.5, 0.6) is 5.75 Å². The van der Waals surface area contributed by atoms with E-state index >= 15 is 0 Å². The van der Waals surface area contributed by atoms with Gasteiger partial charge in [0.15, 0.2) is 5.16 Å². The standard InChI is InChI=1S/C22H23Cl2N3OS/c1-3-13-27-21(6-4-5-16-7-10-18(28-2)11-8-16)25-26-22(27)29-15-17-9-12-19(23)20(24)14-17/h3,7-12,14H,1,4-6,13,15H2,2H3. The van der Waals surface area contributed by atoms with Gasteiger partial charge in [0.1, 0.15) is 11.6 Å². The van der Waals surface area contributed by atoms with Gasteiger partial charge in [-0.1, -0.05) is 59.2 Å². The maximum atomic E-state index is 6.11. The van der Waals surface area contributed by atoms with Gasteiger partial charge in [0, 0.05) is 18.7 Å². The van der Waals surface area contributed by atoms with Gasteiger partial charge in [0.2, 0.25) is 0 Å². The summed E-state index contributed by atoms with van der Waals surface area (Å²) in [5.74, 6) is 2.61. The van der Waals surface area contributed by atoms with Gasteiger partial charge in [0.25, 0.3) is 0 Å². The molecule has 0 radical (unpaired) electrons. The van der Waals surface area contributed by atoms with Crippen molar-refractivity contribution in [3.63, 3.8) is 0 Å². The van der Waals surface area contributed by atoms with Crippen LogP contribution in [0.2, 0.25) is 10.0 Å². The lowest BCUT2D eigenvalue weighted by Crippen LogP contribution is -2.05. The molecule has 7 heteroatoms. The van der Waals surface area contributed by atoms with Crippen molar-refractivity contribution in [3.05, 3.63) is 82.1 Å². The van der Waals surface area contributed by atoms with Gasteiger partial charge >= 0.3 is 0 Å². The summed E-state index contributed by atoms with van der Waals surface area (Å²) in [6.45, 7) is 4.56. The van der Waals surface area contributed by atoms with E-state index in [1.54, 1.807) is 18.9 Å². The first kappa shape index (κ1) is 21.8. The Morgan fingerprint density at radius 1 is 1.03 bits per heavy atom. The van der Waals surface area contributed by atoms with Gasteiger partial charge in [-0.2, -0.15) is 0 Å². The molecule has 152 valence electrons. The Bertz CT molecular complexity index is 957. The van der Waals surface area contributed by atoms with Crippen molar-refractivity contribution in [1.29, 1.82) is 0 Å². The van der Waals surface area contributed by atoms with E-state index in [1.807, 2.05) is 36.4 Å². The molecule has 0 fully saturated rings. The third-order valence-electron chi connectivity index (χ3n) is 4.48. The van der Waals surface area contributed by atoms with Crippen LogP contribution in [0.1, 0.15) is 23.4 Å². The van der Waals surface area contributed by atoms with Crippen LogP contribution in [-0.4, -0.2) is 21.9 Å². The normalized spacial score (nSPS) is 10.9. The number of ether oxygens (including phenoxy) is 1. The SMILES string of the molecule is C=CCn1c(CCCc2ccc(OC)cc2)nnc1SCc1ccc(Cl)c(Cl)c1. The second-order valence-electron chi connectivity index (χ2n) is 6.54. The van der Waals surface area contributed by atoms with Gasteiger partial charge in [-0.15, -0.1) is 16.8 Å². The van der Waals surface area contributed by atoms with Gasteiger partial charge in [-0.25, -0.2) is 0 Å². The number of rotatable bonds is 10. The predicted octanol–water partition coefficient (Wildman–Crippen LogP) is 6.25. The summed E-state index contributed by atoms with van der Waals surface area (Å²) >= 11 is 13.7.